The fourth-order valence-electron chi connectivity index (χ4n) is 8.23. The Balaban J connectivity index is 1.30. The highest BCUT2D eigenvalue weighted by atomic mass is 15.2. The van der Waals surface area contributed by atoms with Gasteiger partial charge in [-0.25, -0.2) is 0 Å². The summed E-state index contributed by atoms with van der Waals surface area (Å²) < 4.78 is 0. The first-order valence-corrected chi connectivity index (χ1v) is 15.1. The lowest BCUT2D eigenvalue weighted by molar-refractivity contribution is 0.523. The normalized spacial score (nSPS) is 24.9. The van der Waals surface area contributed by atoms with Gasteiger partial charge in [-0.05, 0) is 89.8 Å². The van der Waals surface area contributed by atoms with E-state index in [1.807, 2.05) is 0 Å². The molecular weight excluding hydrogens is 484 g/mol. The van der Waals surface area contributed by atoms with Gasteiger partial charge in [0, 0.05) is 33.6 Å². The predicted octanol–water partition coefficient (Wildman–Crippen LogP) is 9.40. The van der Waals surface area contributed by atoms with Gasteiger partial charge in [-0.1, -0.05) is 94.5 Å². The fraction of sp³-hybridized carbons (Fsp3) is 0.316. The summed E-state index contributed by atoms with van der Waals surface area (Å²) in [6.45, 7) is 9.79. The zero-order valence-electron chi connectivity index (χ0n) is 24.2. The summed E-state index contributed by atoms with van der Waals surface area (Å²) in [5, 5.41) is 0. The van der Waals surface area contributed by atoms with Gasteiger partial charge in [-0.3, -0.25) is 0 Å². The Labute approximate surface area is 239 Å². The molecule has 0 fully saturated rings. The van der Waals surface area contributed by atoms with Crippen molar-refractivity contribution in [2.45, 2.75) is 76.7 Å². The molecule has 0 amide bonds. The second kappa shape index (κ2) is 8.36. The molecule has 0 saturated carbocycles. The van der Waals surface area contributed by atoms with E-state index in [0.717, 1.165) is 32.1 Å². The third-order valence-corrected chi connectivity index (χ3v) is 10.4. The van der Waals surface area contributed by atoms with Crippen molar-refractivity contribution in [3.63, 3.8) is 0 Å². The molecule has 3 aliphatic carbocycles. The molecule has 0 radical (unpaired) electrons. The Bertz CT molecular complexity index is 1680. The summed E-state index contributed by atoms with van der Waals surface area (Å²) in [6, 6.07) is 16.3. The topological polar surface area (TPSA) is 6.48 Å². The number of benzene rings is 2. The number of hydrogen-bond donors (Lipinski definition) is 0. The molecule has 40 heavy (non-hydrogen) atoms. The maximum absolute atomic E-state index is 2.64. The number of nitrogens with zero attached hydrogens (tertiary/aromatic N) is 2. The molecule has 3 heterocycles. The molecule has 0 bridgehead atoms. The first kappa shape index (κ1) is 24.1. The van der Waals surface area contributed by atoms with E-state index in [-0.39, 0.29) is 16.9 Å². The maximum Gasteiger partial charge on any atom is 0.0564 e. The zero-order valence-corrected chi connectivity index (χ0v) is 24.2. The third kappa shape index (κ3) is 3.17. The van der Waals surface area contributed by atoms with Crippen LogP contribution in [0.5, 0.6) is 0 Å². The molecule has 3 aliphatic heterocycles. The van der Waals surface area contributed by atoms with Crippen molar-refractivity contribution in [3.05, 3.63) is 135 Å². The Kier molecular flexibility index (Phi) is 5.03. The van der Waals surface area contributed by atoms with E-state index in [9.17, 15) is 0 Å². The largest absolute Gasteiger partial charge is 0.333 e. The van der Waals surface area contributed by atoms with E-state index in [1.54, 1.807) is 11.1 Å². The van der Waals surface area contributed by atoms with E-state index in [4.69, 9.17) is 0 Å². The van der Waals surface area contributed by atoms with Gasteiger partial charge in [0.1, 0.15) is 0 Å². The first-order valence-electron chi connectivity index (χ1n) is 15.1. The number of para-hydroxylation sites is 2. The van der Waals surface area contributed by atoms with E-state index in [0.29, 0.717) is 0 Å². The average Bonchev–Trinajstić information content (AvgIpc) is 3.14. The van der Waals surface area contributed by atoms with Gasteiger partial charge in [0.05, 0.1) is 11.7 Å². The van der Waals surface area contributed by atoms with Crippen LogP contribution < -0.4 is 9.80 Å². The Morgan fingerprint density at radius 2 is 1.38 bits per heavy atom. The SMILES string of the molecule is CC1(C)C2=C(C=CCC2)N2C3=C(CC(N4C5=C(C=Cc6ccccc64)CCC=C5)C=C3)C(C)(C)c3cccc1c32. The van der Waals surface area contributed by atoms with Crippen LogP contribution in [0.4, 0.5) is 11.4 Å². The van der Waals surface area contributed by atoms with Crippen LogP contribution in [0, 0.1) is 0 Å². The van der Waals surface area contributed by atoms with Crippen molar-refractivity contribution < 1.29 is 0 Å². The molecule has 200 valence electrons. The standard InChI is InChI=1S/C38H38N2/c1-37(2)28-14-7-10-19-34(28)40-35-23-22-27(24-31(35)38(3,4)30-16-11-15-29(37)36(30)40)39-32-17-8-5-12-25(32)20-21-26-13-6-9-18-33(26)39/h5,8-12,15-23,27H,6-7,13-14,24H2,1-4H3. The van der Waals surface area contributed by atoms with Crippen LogP contribution in [0.25, 0.3) is 6.08 Å². The van der Waals surface area contributed by atoms with Gasteiger partial charge in [0.25, 0.3) is 0 Å². The van der Waals surface area contributed by atoms with Crippen LogP contribution in [-0.2, 0) is 10.8 Å². The van der Waals surface area contributed by atoms with Crippen LogP contribution in [0.2, 0.25) is 0 Å². The van der Waals surface area contributed by atoms with Gasteiger partial charge < -0.3 is 9.80 Å². The Hall–Kier alpha value is -3.78. The van der Waals surface area contributed by atoms with Crippen molar-refractivity contribution in [1.82, 2.24) is 0 Å². The fourth-order valence-corrected chi connectivity index (χ4v) is 8.23. The van der Waals surface area contributed by atoms with E-state index < -0.39 is 0 Å². The molecule has 0 N–H and O–H groups in total. The molecule has 0 saturated heterocycles. The van der Waals surface area contributed by atoms with Crippen molar-refractivity contribution in [3.8, 4) is 0 Å². The van der Waals surface area contributed by atoms with Crippen LogP contribution >= 0.6 is 0 Å². The highest BCUT2D eigenvalue weighted by molar-refractivity contribution is 5.83. The van der Waals surface area contributed by atoms with Gasteiger partial charge in [-0.2, -0.15) is 0 Å². The summed E-state index contributed by atoms with van der Waals surface area (Å²) in [7, 11) is 0. The van der Waals surface area contributed by atoms with Gasteiger partial charge in [0.2, 0.25) is 0 Å². The number of rotatable bonds is 1. The number of hydrogen-bond acceptors (Lipinski definition) is 2. The maximum atomic E-state index is 2.64. The van der Waals surface area contributed by atoms with Gasteiger partial charge in [0.15, 0.2) is 0 Å². The molecule has 0 spiro atoms. The molecule has 2 heteroatoms. The zero-order chi connectivity index (χ0) is 27.2. The predicted molar refractivity (Wildman–Crippen MR) is 168 cm³/mol. The molecule has 2 aromatic carbocycles. The highest BCUT2D eigenvalue weighted by Crippen LogP contribution is 2.58. The van der Waals surface area contributed by atoms with Crippen LogP contribution in [0.1, 0.15) is 76.5 Å². The molecule has 1 unspecified atom stereocenters. The molecular formula is C38H38N2. The van der Waals surface area contributed by atoms with Crippen LogP contribution in [0.3, 0.4) is 0 Å². The van der Waals surface area contributed by atoms with Crippen molar-refractivity contribution in [1.29, 1.82) is 0 Å². The lowest BCUT2D eigenvalue weighted by Gasteiger charge is -2.52. The summed E-state index contributed by atoms with van der Waals surface area (Å²) in [4.78, 5) is 5.27. The number of anilines is 2. The third-order valence-electron chi connectivity index (χ3n) is 10.4. The highest BCUT2D eigenvalue weighted by Gasteiger charge is 2.48. The quantitative estimate of drug-likeness (QED) is 0.368. The van der Waals surface area contributed by atoms with Gasteiger partial charge in [-0.15, -0.1) is 0 Å². The second-order valence-electron chi connectivity index (χ2n) is 13.2. The average molecular weight is 523 g/mol. The minimum Gasteiger partial charge on any atom is -0.333 e. The van der Waals surface area contributed by atoms with Crippen molar-refractivity contribution >= 4 is 17.5 Å². The molecule has 2 nitrogen and oxygen atoms in total. The minimum absolute atomic E-state index is 0.0376. The van der Waals surface area contributed by atoms with Crippen molar-refractivity contribution in [2.24, 2.45) is 0 Å². The number of allylic oxidation sites excluding steroid dienone is 8. The Morgan fingerprint density at radius 1 is 0.675 bits per heavy atom. The smallest absolute Gasteiger partial charge is 0.0564 e. The first-order chi connectivity index (χ1) is 19.4. The van der Waals surface area contributed by atoms with Gasteiger partial charge >= 0.3 is 0 Å². The van der Waals surface area contributed by atoms with E-state index in [1.165, 1.54) is 50.7 Å². The lowest BCUT2D eigenvalue weighted by Crippen LogP contribution is -2.46. The summed E-state index contributed by atoms with van der Waals surface area (Å²) in [6.07, 6.45) is 24.6. The van der Waals surface area contributed by atoms with Crippen LogP contribution in [0.15, 0.2) is 119 Å². The molecule has 6 aliphatic rings. The van der Waals surface area contributed by atoms with E-state index in [2.05, 4.69) is 129 Å². The molecule has 0 aromatic heterocycles. The number of fused-ring (bicyclic) bond motifs is 3. The monoisotopic (exact) mass is 522 g/mol. The summed E-state index contributed by atoms with van der Waals surface area (Å²) >= 11 is 0. The molecule has 2 aromatic rings. The van der Waals surface area contributed by atoms with E-state index >= 15 is 0 Å². The second-order valence-corrected chi connectivity index (χ2v) is 13.2. The summed E-state index contributed by atoms with van der Waals surface area (Å²) in [5.74, 6) is 0. The lowest BCUT2D eigenvalue weighted by atomic mass is 9.63. The van der Waals surface area contributed by atoms with Crippen LogP contribution in [-0.4, -0.2) is 6.04 Å². The summed E-state index contributed by atoms with van der Waals surface area (Å²) in [5.41, 5.74) is 15.7. The molecule has 8 rings (SSSR count). The van der Waals surface area contributed by atoms with Crippen molar-refractivity contribution in [2.75, 3.05) is 9.80 Å². The Morgan fingerprint density at radius 3 is 2.20 bits per heavy atom. The molecule has 1 atom stereocenters. The minimum atomic E-state index is -0.0596.